The topological polar surface area (TPSA) is 61.2 Å². The van der Waals surface area contributed by atoms with Crippen molar-refractivity contribution >= 4 is 33.2 Å². The first-order valence-corrected chi connectivity index (χ1v) is 19.3. The summed E-state index contributed by atoms with van der Waals surface area (Å²) in [6, 6.07) is 12.6. The zero-order chi connectivity index (χ0) is 37.2. The van der Waals surface area contributed by atoms with Crippen LogP contribution in [-0.4, -0.2) is 63.5 Å². The Hall–Kier alpha value is -2.99. The maximum absolute atomic E-state index is 14.9. The first-order chi connectivity index (χ1) is 22.8. The van der Waals surface area contributed by atoms with Crippen LogP contribution in [-0.2, 0) is 21.0 Å². The highest BCUT2D eigenvalue weighted by molar-refractivity contribution is 7.98. The van der Waals surface area contributed by atoms with Crippen molar-refractivity contribution in [3.05, 3.63) is 100 Å². The molecule has 0 amide bonds. The smallest absolute Gasteiger partial charge is 0.175 e. The highest BCUT2D eigenvalue weighted by Gasteiger charge is 2.30. The number of hydrogen-bond acceptors (Lipinski definition) is 5. The quantitative estimate of drug-likeness (QED) is 0.113. The number of quaternary nitrogens is 1. The van der Waals surface area contributed by atoms with E-state index in [4.69, 9.17) is 16.3 Å². The van der Waals surface area contributed by atoms with E-state index in [0.29, 0.717) is 16.5 Å². The van der Waals surface area contributed by atoms with E-state index in [2.05, 4.69) is 46.9 Å². The number of aromatic nitrogens is 2. The fourth-order valence-electron chi connectivity index (χ4n) is 4.61. The molecule has 0 fully saturated rings. The third-order valence-corrected chi connectivity index (χ3v) is 9.81. The van der Waals surface area contributed by atoms with Gasteiger partial charge in [0, 0.05) is 33.7 Å². The van der Waals surface area contributed by atoms with Crippen molar-refractivity contribution in [2.75, 3.05) is 41.1 Å². The number of methoxy groups -OCH3 is 1. The van der Waals surface area contributed by atoms with Crippen LogP contribution in [0.15, 0.2) is 70.8 Å². The maximum Gasteiger partial charge on any atom is 0.175 e. The van der Waals surface area contributed by atoms with Crippen molar-refractivity contribution in [1.82, 2.24) is 9.55 Å². The van der Waals surface area contributed by atoms with E-state index in [1.54, 1.807) is 30.5 Å². The number of nitrogens with zero attached hydrogens (tertiary/aromatic N) is 3. The summed E-state index contributed by atoms with van der Waals surface area (Å²) in [6.07, 6.45) is 6.55. The lowest BCUT2D eigenvalue weighted by Gasteiger charge is -2.28. The molecule has 0 radical (unpaired) electrons. The summed E-state index contributed by atoms with van der Waals surface area (Å²) in [7, 11) is 4.45. The van der Waals surface area contributed by atoms with Crippen molar-refractivity contribution in [3.8, 4) is 11.4 Å². The fraction of sp³-hybridized carbons (Fsp3) is 0.432. The molecule has 0 aliphatic rings. The molecule has 0 aliphatic carbocycles. The van der Waals surface area contributed by atoms with Crippen LogP contribution in [0.5, 0.6) is 5.75 Å². The van der Waals surface area contributed by atoms with Gasteiger partial charge in [-0.1, -0.05) is 76.9 Å². The van der Waals surface area contributed by atoms with Gasteiger partial charge in [-0.25, -0.2) is 26.6 Å². The molecule has 6 nitrogen and oxygen atoms in total. The molecule has 0 N–H and O–H groups in total. The number of ether oxygens (including phenoxy) is 1. The minimum absolute atomic E-state index is 0.0169. The monoisotopic (exact) mass is 740 g/mol. The summed E-state index contributed by atoms with van der Waals surface area (Å²) in [5.74, 6) is -1.50. The molecule has 3 aromatic carbocycles. The summed E-state index contributed by atoms with van der Waals surface area (Å²) < 4.78 is 74.4. The van der Waals surface area contributed by atoms with Crippen LogP contribution >= 0.6 is 23.4 Å². The van der Waals surface area contributed by atoms with Crippen molar-refractivity contribution < 1.29 is 30.8 Å². The van der Waals surface area contributed by atoms with E-state index in [1.165, 1.54) is 68.9 Å². The highest BCUT2D eigenvalue weighted by atomic mass is 35.5. The van der Waals surface area contributed by atoms with Gasteiger partial charge in [-0.05, 0) is 60.5 Å². The Morgan fingerprint density at radius 3 is 2.06 bits per heavy atom. The van der Waals surface area contributed by atoms with E-state index >= 15 is 0 Å². The van der Waals surface area contributed by atoms with Crippen LogP contribution in [0.2, 0.25) is 5.02 Å². The molecule has 270 valence electrons. The van der Waals surface area contributed by atoms with Crippen LogP contribution in [0.25, 0.3) is 5.69 Å². The van der Waals surface area contributed by atoms with Gasteiger partial charge in [0.1, 0.15) is 11.6 Å². The second-order valence-corrected chi connectivity index (χ2v) is 16.6. The molecule has 0 bridgehead atoms. The van der Waals surface area contributed by atoms with Crippen LogP contribution in [0, 0.1) is 17.5 Å². The summed E-state index contributed by atoms with van der Waals surface area (Å²) in [6.45, 7) is 11.7. The average Bonchev–Trinajstić information content (AvgIpc) is 3.45. The van der Waals surface area contributed by atoms with E-state index in [0.717, 1.165) is 22.4 Å². The third-order valence-electron chi connectivity index (χ3n) is 7.40. The Morgan fingerprint density at radius 1 is 0.959 bits per heavy atom. The van der Waals surface area contributed by atoms with Gasteiger partial charge >= 0.3 is 0 Å². The van der Waals surface area contributed by atoms with E-state index in [1.807, 2.05) is 18.4 Å². The molecule has 1 heterocycles. The molecule has 0 spiro atoms. The lowest BCUT2D eigenvalue weighted by atomic mass is 9.81. The van der Waals surface area contributed by atoms with Gasteiger partial charge in [0.2, 0.25) is 0 Å². The second kappa shape index (κ2) is 18.3. The molecule has 49 heavy (non-hydrogen) atoms. The standard InChI is InChI=1S/C27H24ClF3N2O3S2.C7H18N.C3H8/c1-27(2,16-5-10-22(30)24(11-16)36-3)25-14-32-26(33(25)18-8-6-17(29)7-9-18)37-15-20-21(28)12-19(13-23(20)31)38(4,34)35;1-5-6-7-8(2,3)4;1-3-2/h5-14H,15H2,1-4H3;5-7H2,1-4H3;3H2,1-2H3/q;+1;. The van der Waals surface area contributed by atoms with Gasteiger partial charge in [-0.3, -0.25) is 4.57 Å². The summed E-state index contributed by atoms with van der Waals surface area (Å²) in [5, 5.41) is 0.452. The first kappa shape index (κ1) is 42.2. The second-order valence-electron chi connectivity index (χ2n) is 13.2. The average molecular weight is 741 g/mol. The lowest BCUT2D eigenvalue weighted by molar-refractivity contribution is -0.870. The highest BCUT2D eigenvalue weighted by Crippen LogP contribution is 2.39. The number of sulfone groups is 1. The van der Waals surface area contributed by atoms with E-state index < -0.39 is 32.7 Å². The van der Waals surface area contributed by atoms with Crippen LogP contribution in [0.4, 0.5) is 13.2 Å². The number of unbranched alkanes of at least 4 members (excludes halogenated alkanes) is 1. The van der Waals surface area contributed by atoms with Crippen LogP contribution in [0.3, 0.4) is 0 Å². The molecule has 0 aliphatic heterocycles. The number of thioether (sulfide) groups is 1. The van der Waals surface area contributed by atoms with Gasteiger partial charge < -0.3 is 9.22 Å². The van der Waals surface area contributed by atoms with Crippen LogP contribution < -0.4 is 4.74 Å². The SMILES string of the molecule is CCC.CCCC[N+](C)(C)C.COc1cc(C(C)(C)c2cnc(SCc3c(F)cc(S(C)(=O)=O)cc3Cl)n2-c2ccc(F)cc2)ccc1F. The van der Waals surface area contributed by atoms with Crippen molar-refractivity contribution in [1.29, 1.82) is 0 Å². The number of halogens is 4. The largest absolute Gasteiger partial charge is 0.494 e. The van der Waals surface area contributed by atoms with Crippen LogP contribution in [0.1, 0.15) is 70.7 Å². The Balaban J connectivity index is 0.000000657. The zero-order valence-electron chi connectivity index (χ0n) is 30.2. The van der Waals surface area contributed by atoms with Gasteiger partial charge in [0.05, 0.1) is 51.6 Å². The molecule has 12 heteroatoms. The summed E-state index contributed by atoms with van der Waals surface area (Å²) >= 11 is 7.43. The third kappa shape index (κ3) is 12.1. The number of benzene rings is 3. The fourth-order valence-corrected chi connectivity index (χ4v) is 6.71. The Kier molecular flexibility index (Phi) is 15.8. The number of rotatable bonds is 11. The normalized spacial score (nSPS) is 11.7. The zero-order valence-corrected chi connectivity index (χ0v) is 32.6. The Bertz CT molecular complexity index is 1750. The molecule has 0 unspecified atom stereocenters. The summed E-state index contributed by atoms with van der Waals surface area (Å²) in [5.41, 5.74) is 1.49. The van der Waals surface area contributed by atoms with Gasteiger partial charge in [0.15, 0.2) is 26.6 Å². The lowest BCUT2D eigenvalue weighted by Crippen LogP contribution is -2.35. The Morgan fingerprint density at radius 2 is 1.57 bits per heavy atom. The molecule has 1 aromatic heterocycles. The van der Waals surface area contributed by atoms with E-state index in [9.17, 15) is 21.6 Å². The number of hydrogen-bond donors (Lipinski definition) is 0. The van der Waals surface area contributed by atoms with Crippen molar-refractivity contribution in [2.45, 2.75) is 75.1 Å². The minimum atomic E-state index is -3.64. The molecule has 0 saturated heterocycles. The van der Waals surface area contributed by atoms with E-state index in [-0.39, 0.29) is 27.0 Å². The van der Waals surface area contributed by atoms with Crippen molar-refractivity contribution in [3.63, 3.8) is 0 Å². The Labute approximate surface area is 300 Å². The maximum atomic E-state index is 14.9. The molecular formula is C37H50ClF3N3O3S2+. The molecule has 4 rings (SSSR count). The molecule has 4 aromatic rings. The van der Waals surface area contributed by atoms with Gasteiger partial charge in [-0.2, -0.15) is 0 Å². The molecule has 0 atom stereocenters. The number of imidazole rings is 1. The minimum Gasteiger partial charge on any atom is -0.494 e. The first-order valence-electron chi connectivity index (χ1n) is 16.1. The molecule has 0 saturated carbocycles. The summed E-state index contributed by atoms with van der Waals surface area (Å²) in [4.78, 5) is 4.36. The van der Waals surface area contributed by atoms with Crippen molar-refractivity contribution in [2.24, 2.45) is 0 Å². The molecular weight excluding hydrogens is 691 g/mol. The predicted octanol–water partition coefficient (Wildman–Crippen LogP) is 9.88. The van der Waals surface area contributed by atoms with Gasteiger partial charge in [0.25, 0.3) is 0 Å². The van der Waals surface area contributed by atoms with Gasteiger partial charge in [-0.15, -0.1) is 0 Å². The predicted molar refractivity (Wildman–Crippen MR) is 196 cm³/mol.